The lowest BCUT2D eigenvalue weighted by molar-refractivity contribution is 0.0640. The summed E-state index contributed by atoms with van der Waals surface area (Å²) in [6.07, 6.45) is 5.27. The number of carbonyl (C=O) groups excluding carboxylic acids is 2. The number of imide groups is 1. The molecule has 1 aliphatic heterocycles. The predicted octanol–water partition coefficient (Wildman–Crippen LogP) is 1.24. The minimum absolute atomic E-state index is 0.211. The lowest BCUT2D eigenvalue weighted by Gasteiger charge is -2.21. The maximum Gasteiger partial charge on any atom is 0.261 e. The fourth-order valence-corrected chi connectivity index (χ4v) is 2.16. The zero-order chi connectivity index (χ0) is 13.8. The number of fused-ring (bicyclic) bond motifs is 1. The van der Waals surface area contributed by atoms with Gasteiger partial charge in [-0.3, -0.25) is 19.4 Å². The molecule has 0 atom stereocenters. The Hall–Kier alpha value is -2.12. The van der Waals surface area contributed by atoms with Crippen molar-refractivity contribution >= 4 is 11.8 Å². The molecule has 0 N–H and O–H groups in total. The molecule has 1 heterocycles. The van der Waals surface area contributed by atoms with Crippen LogP contribution >= 0.6 is 0 Å². The SMILES string of the molecule is C#CCN(CC)CCN1C(=O)c2ccccc2C1=O. The van der Waals surface area contributed by atoms with Gasteiger partial charge < -0.3 is 0 Å². The monoisotopic (exact) mass is 256 g/mol. The van der Waals surface area contributed by atoms with E-state index in [0.717, 1.165) is 6.54 Å². The van der Waals surface area contributed by atoms with E-state index in [9.17, 15) is 9.59 Å². The van der Waals surface area contributed by atoms with Crippen molar-refractivity contribution in [3.8, 4) is 12.3 Å². The molecule has 0 saturated heterocycles. The molecule has 0 bridgehead atoms. The zero-order valence-electron chi connectivity index (χ0n) is 10.9. The normalized spacial score (nSPS) is 13.8. The Kier molecular flexibility index (Phi) is 3.98. The summed E-state index contributed by atoms with van der Waals surface area (Å²) in [7, 11) is 0. The van der Waals surface area contributed by atoms with Gasteiger partial charge in [-0.15, -0.1) is 6.42 Å². The summed E-state index contributed by atoms with van der Waals surface area (Å²) in [5.41, 5.74) is 0.986. The third-order valence-electron chi connectivity index (χ3n) is 3.28. The average molecular weight is 256 g/mol. The van der Waals surface area contributed by atoms with Crippen LogP contribution in [0.4, 0.5) is 0 Å². The second kappa shape index (κ2) is 5.68. The number of benzene rings is 1. The van der Waals surface area contributed by atoms with Gasteiger partial charge in [-0.05, 0) is 18.7 Å². The Labute approximate surface area is 113 Å². The van der Waals surface area contributed by atoms with Gasteiger partial charge in [-0.2, -0.15) is 0 Å². The Morgan fingerprint density at radius 2 is 1.79 bits per heavy atom. The van der Waals surface area contributed by atoms with Crippen LogP contribution in [0.25, 0.3) is 0 Å². The van der Waals surface area contributed by atoms with Crippen molar-refractivity contribution in [1.82, 2.24) is 9.80 Å². The van der Waals surface area contributed by atoms with Crippen molar-refractivity contribution in [2.24, 2.45) is 0 Å². The largest absolute Gasteiger partial charge is 0.291 e. The molecular weight excluding hydrogens is 240 g/mol. The summed E-state index contributed by atoms with van der Waals surface area (Å²) >= 11 is 0. The first kappa shape index (κ1) is 13.3. The highest BCUT2D eigenvalue weighted by Gasteiger charge is 2.34. The Morgan fingerprint density at radius 3 is 2.26 bits per heavy atom. The predicted molar refractivity (Wildman–Crippen MR) is 72.8 cm³/mol. The molecule has 0 saturated carbocycles. The number of rotatable bonds is 5. The fourth-order valence-electron chi connectivity index (χ4n) is 2.16. The second-order valence-corrected chi connectivity index (χ2v) is 4.38. The van der Waals surface area contributed by atoms with Crippen LogP contribution < -0.4 is 0 Å². The van der Waals surface area contributed by atoms with Crippen LogP contribution in [-0.4, -0.2) is 47.8 Å². The smallest absolute Gasteiger partial charge is 0.261 e. The van der Waals surface area contributed by atoms with Gasteiger partial charge in [0.25, 0.3) is 11.8 Å². The minimum Gasteiger partial charge on any atom is -0.291 e. The van der Waals surface area contributed by atoms with E-state index in [1.165, 1.54) is 4.90 Å². The highest BCUT2D eigenvalue weighted by atomic mass is 16.2. The van der Waals surface area contributed by atoms with Gasteiger partial charge in [-0.25, -0.2) is 0 Å². The first-order valence-electron chi connectivity index (χ1n) is 6.30. The van der Waals surface area contributed by atoms with Crippen LogP contribution in [0.1, 0.15) is 27.6 Å². The van der Waals surface area contributed by atoms with E-state index in [1.54, 1.807) is 24.3 Å². The van der Waals surface area contributed by atoms with E-state index >= 15 is 0 Å². The van der Waals surface area contributed by atoms with E-state index in [1.807, 2.05) is 11.8 Å². The van der Waals surface area contributed by atoms with Gasteiger partial charge in [0.05, 0.1) is 17.7 Å². The molecule has 1 aromatic carbocycles. The molecule has 0 fully saturated rings. The quantitative estimate of drug-likeness (QED) is 0.588. The molecule has 1 aromatic rings. The van der Waals surface area contributed by atoms with Gasteiger partial charge in [0, 0.05) is 13.1 Å². The van der Waals surface area contributed by atoms with Gasteiger partial charge in [0.1, 0.15) is 0 Å². The molecule has 0 unspecified atom stereocenters. The summed E-state index contributed by atoms with van der Waals surface area (Å²) in [5.74, 6) is 2.15. The first-order chi connectivity index (χ1) is 9.19. The molecule has 2 rings (SSSR count). The molecule has 4 nitrogen and oxygen atoms in total. The van der Waals surface area contributed by atoms with E-state index in [0.29, 0.717) is 30.8 Å². The Balaban J connectivity index is 2.06. The maximum atomic E-state index is 12.1. The van der Waals surface area contributed by atoms with E-state index in [2.05, 4.69) is 5.92 Å². The molecule has 0 spiro atoms. The molecule has 0 aromatic heterocycles. The van der Waals surface area contributed by atoms with E-state index in [4.69, 9.17) is 6.42 Å². The van der Waals surface area contributed by atoms with Crippen molar-refractivity contribution < 1.29 is 9.59 Å². The number of hydrogen-bond donors (Lipinski definition) is 0. The van der Waals surface area contributed by atoms with Crippen molar-refractivity contribution in [3.63, 3.8) is 0 Å². The third kappa shape index (κ3) is 2.51. The van der Waals surface area contributed by atoms with Crippen LogP contribution in [0, 0.1) is 12.3 Å². The number of hydrogen-bond acceptors (Lipinski definition) is 3. The Morgan fingerprint density at radius 1 is 1.21 bits per heavy atom. The summed E-state index contributed by atoms with van der Waals surface area (Å²) in [6, 6.07) is 6.91. The number of nitrogens with zero attached hydrogens (tertiary/aromatic N) is 2. The Bertz CT molecular complexity index is 510. The van der Waals surface area contributed by atoms with Crippen molar-refractivity contribution in [2.45, 2.75) is 6.92 Å². The van der Waals surface area contributed by atoms with E-state index < -0.39 is 0 Å². The molecule has 98 valence electrons. The second-order valence-electron chi connectivity index (χ2n) is 4.38. The van der Waals surface area contributed by atoms with Crippen molar-refractivity contribution in [3.05, 3.63) is 35.4 Å². The van der Waals surface area contributed by atoms with Crippen LogP contribution in [-0.2, 0) is 0 Å². The van der Waals surface area contributed by atoms with E-state index in [-0.39, 0.29) is 11.8 Å². The lowest BCUT2D eigenvalue weighted by atomic mass is 10.1. The highest BCUT2D eigenvalue weighted by Crippen LogP contribution is 2.21. The number of terminal acetylenes is 1. The standard InChI is InChI=1S/C15H16N2O2/c1-3-9-16(4-2)10-11-17-14(18)12-7-5-6-8-13(12)15(17)19/h1,5-8H,4,9-11H2,2H3. The summed E-state index contributed by atoms with van der Waals surface area (Å²) in [6.45, 7) is 4.31. The number of amides is 2. The summed E-state index contributed by atoms with van der Waals surface area (Å²) in [4.78, 5) is 27.5. The maximum absolute atomic E-state index is 12.1. The summed E-state index contributed by atoms with van der Waals surface area (Å²) < 4.78 is 0. The highest BCUT2D eigenvalue weighted by molar-refractivity contribution is 6.21. The van der Waals surface area contributed by atoms with Crippen LogP contribution in [0.3, 0.4) is 0 Å². The first-order valence-corrected chi connectivity index (χ1v) is 6.30. The fraction of sp³-hybridized carbons (Fsp3) is 0.333. The van der Waals surface area contributed by atoms with Gasteiger partial charge >= 0.3 is 0 Å². The average Bonchev–Trinajstić information content (AvgIpc) is 2.68. The molecule has 2 amide bonds. The summed E-state index contributed by atoms with van der Waals surface area (Å²) in [5, 5.41) is 0. The molecule has 1 aliphatic rings. The third-order valence-corrected chi connectivity index (χ3v) is 3.28. The molecule has 19 heavy (non-hydrogen) atoms. The molecule has 4 heteroatoms. The van der Waals surface area contributed by atoms with Gasteiger partial charge in [-0.1, -0.05) is 25.0 Å². The van der Waals surface area contributed by atoms with Gasteiger partial charge in [0.15, 0.2) is 0 Å². The zero-order valence-corrected chi connectivity index (χ0v) is 10.9. The van der Waals surface area contributed by atoms with Crippen molar-refractivity contribution in [1.29, 1.82) is 0 Å². The van der Waals surface area contributed by atoms with Gasteiger partial charge in [0.2, 0.25) is 0 Å². The molecule has 0 aliphatic carbocycles. The minimum atomic E-state index is -0.211. The van der Waals surface area contributed by atoms with Crippen LogP contribution in [0.5, 0.6) is 0 Å². The topological polar surface area (TPSA) is 40.6 Å². The number of likely N-dealkylation sites (N-methyl/N-ethyl adjacent to an activating group) is 1. The van der Waals surface area contributed by atoms with Crippen molar-refractivity contribution in [2.75, 3.05) is 26.2 Å². The molecule has 0 radical (unpaired) electrons. The number of carbonyl (C=O) groups is 2. The van der Waals surface area contributed by atoms with Crippen LogP contribution in [0.15, 0.2) is 24.3 Å². The molecular formula is C15H16N2O2. The lowest BCUT2D eigenvalue weighted by Crippen LogP contribution is -2.38. The van der Waals surface area contributed by atoms with Crippen LogP contribution in [0.2, 0.25) is 0 Å².